The summed E-state index contributed by atoms with van der Waals surface area (Å²) in [6.45, 7) is 6.34. The number of nitrogens with one attached hydrogen (secondary N) is 2. The van der Waals surface area contributed by atoms with Crippen LogP contribution >= 0.6 is 11.8 Å². The molecular formula is C12H22N4O2S. The summed E-state index contributed by atoms with van der Waals surface area (Å²) in [5, 5.41) is 19.9. The highest BCUT2D eigenvalue weighted by atomic mass is 32.2. The van der Waals surface area contributed by atoms with Gasteiger partial charge in [0.15, 0.2) is 0 Å². The Morgan fingerprint density at radius 2 is 2.32 bits per heavy atom. The van der Waals surface area contributed by atoms with Gasteiger partial charge in [-0.05, 0) is 39.7 Å². The molecule has 6 nitrogen and oxygen atoms in total. The van der Waals surface area contributed by atoms with E-state index in [4.69, 9.17) is 0 Å². The van der Waals surface area contributed by atoms with Gasteiger partial charge in [0, 0.05) is 5.75 Å². The molecule has 0 bridgehead atoms. The van der Waals surface area contributed by atoms with Crippen LogP contribution in [0.2, 0.25) is 0 Å². The van der Waals surface area contributed by atoms with Crippen molar-refractivity contribution in [1.82, 2.24) is 20.5 Å². The lowest BCUT2D eigenvalue weighted by atomic mass is 9.96. The van der Waals surface area contributed by atoms with Gasteiger partial charge in [-0.2, -0.15) is 0 Å². The van der Waals surface area contributed by atoms with Crippen LogP contribution in [0.25, 0.3) is 0 Å². The number of rotatable bonds is 9. The Kier molecular flexibility index (Phi) is 6.30. The zero-order valence-corrected chi connectivity index (χ0v) is 12.5. The van der Waals surface area contributed by atoms with Gasteiger partial charge in [0.1, 0.15) is 11.4 Å². The van der Waals surface area contributed by atoms with Gasteiger partial charge in [-0.25, -0.2) is 4.98 Å². The van der Waals surface area contributed by atoms with Gasteiger partial charge >= 0.3 is 5.97 Å². The van der Waals surface area contributed by atoms with E-state index in [2.05, 4.69) is 20.5 Å². The molecule has 0 saturated carbocycles. The molecule has 7 heteroatoms. The van der Waals surface area contributed by atoms with E-state index in [-0.39, 0.29) is 0 Å². The maximum Gasteiger partial charge on any atom is 0.323 e. The quantitative estimate of drug-likeness (QED) is 0.474. The van der Waals surface area contributed by atoms with E-state index in [0.29, 0.717) is 6.42 Å². The Morgan fingerprint density at radius 1 is 1.58 bits per heavy atom. The molecule has 0 spiro atoms. The lowest BCUT2D eigenvalue weighted by Crippen LogP contribution is -2.49. The third-order valence-electron chi connectivity index (χ3n) is 2.87. The van der Waals surface area contributed by atoms with Gasteiger partial charge in [0.25, 0.3) is 0 Å². The summed E-state index contributed by atoms with van der Waals surface area (Å²) in [5.74, 6) is 0.815. The van der Waals surface area contributed by atoms with Crippen molar-refractivity contribution >= 4 is 17.7 Å². The normalized spacial score (nSPS) is 14.3. The number of hydrogen-bond donors (Lipinski definition) is 3. The molecule has 1 aromatic heterocycles. The van der Waals surface area contributed by atoms with Crippen LogP contribution in [-0.2, 0) is 4.79 Å². The fraction of sp³-hybridized carbons (Fsp3) is 0.750. The van der Waals surface area contributed by atoms with Crippen LogP contribution in [0.4, 0.5) is 0 Å². The van der Waals surface area contributed by atoms with E-state index in [1.165, 1.54) is 0 Å². The van der Waals surface area contributed by atoms with Gasteiger partial charge in [0.05, 0.1) is 0 Å². The van der Waals surface area contributed by atoms with Gasteiger partial charge in [-0.1, -0.05) is 18.7 Å². The zero-order valence-electron chi connectivity index (χ0n) is 11.7. The number of aryl methyl sites for hydroxylation is 1. The number of carbonyl (C=O) groups is 1. The van der Waals surface area contributed by atoms with Crippen molar-refractivity contribution in [1.29, 1.82) is 0 Å². The molecule has 1 atom stereocenters. The Morgan fingerprint density at radius 3 is 2.84 bits per heavy atom. The maximum absolute atomic E-state index is 11.3. The minimum Gasteiger partial charge on any atom is -0.480 e. The molecule has 108 valence electrons. The van der Waals surface area contributed by atoms with Crippen LogP contribution in [-0.4, -0.2) is 44.1 Å². The summed E-state index contributed by atoms with van der Waals surface area (Å²) in [6, 6.07) is 0. The number of aliphatic carboxylic acids is 1. The average Bonchev–Trinajstić information content (AvgIpc) is 2.78. The van der Waals surface area contributed by atoms with Gasteiger partial charge in [0.2, 0.25) is 5.16 Å². The number of thioether (sulfide) groups is 1. The van der Waals surface area contributed by atoms with Crippen LogP contribution in [0.5, 0.6) is 0 Å². The molecule has 1 rings (SSSR count). The highest BCUT2D eigenvalue weighted by molar-refractivity contribution is 7.99. The minimum atomic E-state index is -0.842. The van der Waals surface area contributed by atoms with Crippen molar-refractivity contribution < 1.29 is 9.90 Å². The third-order valence-corrected chi connectivity index (χ3v) is 3.80. The summed E-state index contributed by atoms with van der Waals surface area (Å²) in [4.78, 5) is 15.5. The average molecular weight is 286 g/mol. The molecule has 19 heavy (non-hydrogen) atoms. The second-order valence-electron chi connectivity index (χ2n) is 4.72. The van der Waals surface area contributed by atoms with Gasteiger partial charge in [-0.15, -0.1) is 5.10 Å². The lowest BCUT2D eigenvalue weighted by molar-refractivity contribution is -0.144. The van der Waals surface area contributed by atoms with Crippen molar-refractivity contribution in [2.45, 2.75) is 50.7 Å². The van der Waals surface area contributed by atoms with Gasteiger partial charge < -0.3 is 10.4 Å². The molecule has 0 fully saturated rings. The summed E-state index contributed by atoms with van der Waals surface area (Å²) in [5.41, 5.74) is -0.842. The molecule has 1 heterocycles. The Bertz CT molecular complexity index is 410. The van der Waals surface area contributed by atoms with Crippen molar-refractivity contribution in [3.63, 3.8) is 0 Å². The molecule has 0 aliphatic rings. The lowest BCUT2D eigenvalue weighted by Gasteiger charge is -2.26. The molecule has 0 saturated heterocycles. The van der Waals surface area contributed by atoms with Crippen molar-refractivity contribution in [3.8, 4) is 0 Å². The number of carboxylic acids is 1. The number of aromatic amines is 1. The molecule has 0 radical (unpaired) electrons. The molecular weight excluding hydrogens is 264 g/mol. The molecule has 0 aromatic carbocycles. The predicted molar refractivity (Wildman–Crippen MR) is 75.4 cm³/mol. The van der Waals surface area contributed by atoms with Crippen LogP contribution < -0.4 is 5.32 Å². The second-order valence-corrected chi connectivity index (χ2v) is 5.78. The first-order valence-electron chi connectivity index (χ1n) is 6.48. The third kappa shape index (κ3) is 5.20. The molecule has 0 aliphatic carbocycles. The first kappa shape index (κ1) is 16.0. The predicted octanol–water partition coefficient (Wildman–Crippen LogP) is 1.83. The van der Waals surface area contributed by atoms with Crippen LogP contribution in [0.1, 0.15) is 38.9 Å². The minimum absolute atomic E-state index is 0.596. The molecule has 3 N–H and O–H groups in total. The van der Waals surface area contributed by atoms with E-state index >= 15 is 0 Å². The standard InChI is InChI=1S/C12H22N4O2S/c1-4-7-13-12(3,10(17)18)6-5-8-19-11-14-9(2)15-16-11/h13H,4-8H2,1-3H3,(H,17,18)(H,14,15,16). The SMILES string of the molecule is CCCNC(C)(CCCSc1n[nH]c(C)n1)C(=O)O. The second kappa shape index (κ2) is 7.49. The fourth-order valence-electron chi connectivity index (χ4n) is 1.65. The number of hydrogen-bond acceptors (Lipinski definition) is 5. The Balaban J connectivity index is 2.34. The van der Waals surface area contributed by atoms with Crippen molar-refractivity contribution in [2.75, 3.05) is 12.3 Å². The van der Waals surface area contributed by atoms with E-state index in [1.807, 2.05) is 13.8 Å². The Hall–Kier alpha value is -1.08. The number of aromatic nitrogens is 3. The summed E-state index contributed by atoms with van der Waals surface area (Å²) >= 11 is 1.54. The first-order chi connectivity index (χ1) is 8.98. The topological polar surface area (TPSA) is 90.9 Å². The van der Waals surface area contributed by atoms with Crippen LogP contribution in [0, 0.1) is 6.92 Å². The van der Waals surface area contributed by atoms with Crippen LogP contribution in [0.15, 0.2) is 5.16 Å². The number of H-pyrrole nitrogens is 1. The Labute approximate surface area is 117 Å². The highest BCUT2D eigenvalue weighted by Gasteiger charge is 2.31. The van der Waals surface area contributed by atoms with E-state index in [9.17, 15) is 9.90 Å². The number of nitrogens with zero attached hydrogens (tertiary/aromatic N) is 2. The first-order valence-corrected chi connectivity index (χ1v) is 7.46. The molecule has 0 amide bonds. The summed E-state index contributed by atoms with van der Waals surface area (Å²) < 4.78 is 0. The fourth-order valence-corrected chi connectivity index (χ4v) is 2.43. The van der Waals surface area contributed by atoms with E-state index in [1.54, 1.807) is 18.7 Å². The van der Waals surface area contributed by atoms with Crippen LogP contribution in [0.3, 0.4) is 0 Å². The summed E-state index contributed by atoms with van der Waals surface area (Å²) in [6.07, 6.45) is 2.32. The zero-order chi connectivity index (χ0) is 14.3. The van der Waals surface area contributed by atoms with E-state index in [0.717, 1.165) is 36.1 Å². The molecule has 1 unspecified atom stereocenters. The molecule has 0 aliphatic heterocycles. The highest BCUT2D eigenvalue weighted by Crippen LogP contribution is 2.19. The van der Waals surface area contributed by atoms with Crippen molar-refractivity contribution in [3.05, 3.63) is 5.82 Å². The molecule has 1 aromatic rings. The largest absolute Gasteiger partial charge is 0.480 e. The summed E-state index contributed by atoms with van der Waals surface area (Å²) in [7, 11) is 0. The van der Waals surface area contributed by atoms with Gasteiger partial charge in [-0.3, -0.25) is 9.89 Å². The maximum atomic E-state index is 11.3. The van der Waals surface area contributed by atoms with E-state index < -0.39 is 11.5 Å². The monoisotopic (exact) mass is 286 g/mol. The smallest absolute Gasteiger partial charge is 0.323 e. The van der Waals surface area contributed by atoms with Crippen molar-refractivity contribution in [2.24, 2.45) is 0 Å². The number of carboxylic acid groups (broad SMARTS) is 1.